The summed E-state index contributed by atoms with van der Waals surface area (Å²) in [7, 11) is 1.91. The molecule has 3 aromatic rings. The van der Waals surface area contributed by atoms with Gasteiger partial charge < -0.3 is 15.3 Å². The number of pyridine rings is 1. The Labute approximate surface area is 152 Å². The summed E-state index contributed by atoms with van der Waals surface area (Å²) >= 11 is 0. The number of aryl methyl sites for hydroxylation is 2. The highest BCUT2D eigenvalue weighted by Crippen LogP contribution is 2.33. The summed E-state index contributed by atoms with van der Waals surface area (Å²) < 4.78 is 3.81. The molecule has 1 fully saturated rings. The van der Waals surface area contributed by atoms with E-state index in [1.54, 1.807) is 4.68 Å². The van der Waals surface area contributed by atoms with Crippen molar-refractivity contribution in [3.05, 3.63) is 29.7 Å². The first-order chi connectivity index (χ1) is 12.4. The van der Waals surface area contributed by atoms with Gasteiger partial charge in [0.15, 0.2) is 0 Å². The lowest BCUT2D eigenvalue weighted by Gasteiger charge is -2.38. The number of hydrogen-bond acceptors (Lipinski definition) is 6. The molecule has 0 aromatic carbocycles. The third kappa shape index (κ3) is 2.80. The molecular weight excluding hydrogens is 330 g/mol. The molecule has 4 rings (SSSR count). The quantitative estimate of drug-likeness (QED) is 0.730. The van der Waals surface area contributed by atoms with E-state index in [1.807, 2.05) is 42.0 Å². The zero-order valence-corrected chi connectivity index (χ0v) is 15.6. The van der Waals surface area contributed by atoms with Crippen molar-refractivity contribution >= 4 is 22.5 Å². The standard InChI is InChI=1S/C18H25N7O/c1-11(2)25-18-14(19-8-13-9-20-23(4)10-13)7-15(24-6-5-16(24)26)21-17(18)12(3)22-25/h7,9-11,16,26H,5-6,8H2,1-4H3,(H,19,21). The lowest BCUT2D eigenvalue weighted by molar-refractivity contribution is 0.112. The van der Waals surface area contributed by atoms with Gasteiger partial charge in [-0.1, -0.05) is 0 Å². The number of nitrogens with zero attached hydrogens (tertiary/aromatic N) is 6. The van der Waals surface area contributed by atoms with Crippen LogP contribution in [0.5, 0.6) is 0 Å². The van der Waals surface area contributed by atoms with Crippen LogP contribution in [-0.2, 0) is 13.6 Å². The van der Waals surface area contributed by atoms with E-state index >= 15 is 0 Å². The maximum atomic E-state index is 10.0. The molecule has 0 aliphatic carbocycles. The van der Waals surface area contributed by atoms with Crippen LogP contribution in [0.25, 0.3) is 11.0 Å². The number of aliphatic hydroxyl groups excluding tert-OH is 1. The van der Waals surface area contributed by atoms with E-state index in [0.29, 0.717) is 6.54 Å². The molecule has 8 nitrogen and oxygen atoms in total. The molecule has 0 bridgehead atoms. The minimum absolute atomic E-state index is 0.229. The lowest BCUT2D eigenvalue weighted by atomic mass is 10.1. The second kappa shape index (κ2) is 6.28. The molecule has 26 heavy (non-hydrogen) atoms. The summed E-state index contributed by atoms with van der Waals surface area (Å²) in [6.07, 6.45) is 4.18. The summed E-state index contributed by atoms with van der Waals surface area (Å²) in [5.41, 5.74) is 4.86. The lowest BCUT2D eigenvalue weighted by Crippen LogP contribution is -2.48. The minimum Gasteiger partial charge on any atom is -0.379 e. The average molecular weight is 355 g/mol. The maximum Gasteiger partial charge on any atom is 0.133 e. The van der Waals surface area contributed by atoms with Crippen LogP contribution >= 0.6 is 0 Å². The monoisotopic (exact) mass is 355 g/mol. The Kier molecular flexibility index (Phi) is 4.07. The topological polar surface area (TPSA) is 84.0 Å². The van der Waals surface area contributed by atoms with Crippen LogP contribution in [0, 0.1) is 6.92 Å². The van der Waals surface area contributed by atoms with Crippen LogP contribution in [0.1, 0.15) is 37.6 Å². The maximum absolute atomic E-state index is 10.0. The van der Waals surface area contributed by atoms with Crippen LogP contribution in [0.15, 0.2) is 18.5 Å². The third-order valence-electron chi connectivity index (χ3n) is 4.82. The first-order valence-electron chi connectivity index (χ1n) is 9.00. The summed E-state index contributed by atoms with van der Waals surface area (Å²) in [5.74, 6) is 0.788. The Morgan fingerprint density at radius 2 is 2.19 bits per heavy atom. The Hall–Kier alpha value is -2.61. The second-order valence-corrected chi connectivity index (χ2v) is 7.19. The number of hydrogen-bond donors (Lipinski definition) is 2. The summed E-state index contributed by atoms with van der Waals surface area (Å²) in [6, 6.07) is 2.24. The summed E-state index contributed by atoms with van der Waals surface area (Å²) in [4.78, 5) is 6.71. The number of aliphatic hydroxyl groups is 1. The van der Waals surface area contributed by atoms with E-state index in [9.17, 15) is 5.11 Å². The largest absolute Gasteiger partial charge is 0.379 e. The Morgan fingerprint density at radius 3 is 2.77 bits per heavy atom. The van der Waals surface area contributed by atoms with E-state index in [-0.39, 0.29) is 6.04 Å². The van der Waals surface area contributed by atoms with E-state index in [1.165, 1.54) is 0 Å². The molecule has 0 radical (unpaired) electrons. The molecule has 0 amide bonds. The van der Waals surface area contributed by atoms with Crippen molar-refractivity contribution in [2.75, 3.05) is 16.8 Å². The van der Waals surface area contributed by atoms with Gasteiger partial charge in [-0.2, -0.15) is 10.2 Å². The Bertz CT molecular complexity index is 943. The van der Waals surface area contributed by atoms with Gasteiger partial charge in [-0.25, -0.2) is 4.98 Å². The average Bonchev–Trinajstić information content (AvgIpc) is 3.15. The van der Waals surface area contributed by atoms with Crippen molar-refractivity contribution in [2.24, 2.45) is 7.05 Å². The normalized spacial score (nSPS) is 17.2. The molecule has 0 spiro atoms. The van der Waals surface area contributed by atoms with Gasteiger partial charge in [-0.05, 0) is 20.8 Å². The molecule has 4 heterocycles. The third-order valence-corrected chi connectivity index (χ3v) is 4.82. The molecule has 138 valence electrons. The van der Waals surface area contributed by atoms with E-state index in [0.717, 1.165) is 46.8 Å². The molecular formula is C18H25N7O. The van der Waals surface area contributed by atoms with Gasteiger partial charge in [-0.3, -0.25) is 9.36 Å². The van der Waals surface area contributed by atoms with Gasteiger partial charge in [0, 0.05) is 50.4 Å². The highest BCUT2D eigenvalue weighted by molar-refractivity contribution is 5.92. The molecule has 8 heteroatoms. The van der Waals surface area contributed by atoms with Crippen molar-refractivity contribution in [1.82, 2.24) is 24.5 Å². The predicted molar refractivity (Wildman–Crippen MR) is 101 cm³/mol. The fourth-order valence-corrected chi connectivity index (χ4v) is 3.32. The zero-order chi connectivity index (χ0) is 18.4. The van der Waals surface area contributed by atoms with Crippen molar-refractivity contribution < 1.29 is 5.11 Å². The van der Waals surface area contributed by atoms with Crippen LogP contribution in [0.4, 0.5) is 11.5 Å². The summed E-state index contributed by atoms with van der Waals surface area (Å²) in [6.45, 7) is 7.69. The van der Waals surface area contributed by atoms with E-state index in [2.05, 4.69) is 29.4 Å². The fourth-order valence-electron chi connectivity index (χ4n) is 3.32. The van der Waals surface area contributed by atoms with Gasteiger partial charge in [0.2, 0.25) is 0 Å². The van der Waals surface area contributed by atoms with Gasteiger partial charge in [-0.15, -0.1) is 0 Å². The SMILES string of the molecule is Cc1nn(C(C)C)c2c(NCc3cnn(C)c3)cc(N3CCC3O)nc12. The first kappa shape index (κ1) is 16.8. The number of fused-ring (bicyclic) bond motifs is 1. The molecule has 1 aliphatic heterocycles. The number of aromatic nitrogens is 5. The van der Waals surface area contributed by atoms with E-state index in [4.69, 9.17) is 4.98 Å². The van der Waals surface area contributed by atoms with Gasteiger partial charge in [0.1, 0.15) is 23.1 Å². The zero-order valence-electron chi connectivity index (χ0n) is 15.6. The Morgan fingerprint density at radius 1 is 1.38 bits per heavy atom. The molecule has 1 aliphatic rings. The Balaban J connectivity index is 1.78. The molecule has 0 saturated carbocycles. The van der Waals surface area contributed by atoms with Gasteiger partial charge >= 0.3 is 0 Å². The van der Waals surface area contributed by atoms with Crippen LogP contribution < -0.4 is 10.2 Å². The molecule has 2 N–H and O–H groups in total. The second-order valence-electron chi connectivity index (χ2n) is 7.19. The first-order valence-corrected chi connectivity index (χ1v) is 9.00. The predicted octanol–water partition coefficient (Wildman–Crippen LogP) is 2.19. The smallest absolute Gasteiger partial charge is 0.133 e. The van der Waals surface area contributed by atoms with Crippen LogP contribution in [0.2, 0.25) is 0 Å². The fraction of sp³-hybridized carbons (Fsp3) is 0.500. The van der Waals surface area contributed by atoms with Gasteiger partial charge in [0.05, 0.1) is 17.6 Å². The molecule has 3 aromatic heterocycles. The molecule has 1 unspecified atom stereocenters. The van der Waals surface area contributed by atoms with Crippen molar-refractivity contribution in [2.45, 2.75) is 46.0 Å². The van der Waals surface area contributed by atoms with Crippen LogP contribution in [0.3, 0.4) is 0 Å². The van der Waals surface area contributed by atoms with Crippen molar-refractivity contribution in [3.8, 4) is 0 Å². The summed E-state index contributed by atoms with van der Waals surface area (Å²) in [5, 5.41) is 22.5. The van der Waals surface area contributed by atoms with Gasteiger partial charge in [0.25, 0.3) is 0 Å². The number of anilines is 2. The minimum atomic E-state index is -0.452. The van der Waals surface area contributed by atoms with E-state index < -0.39 is 6.23 Å². The highest BCUT2D eigenvalue weighted by Gasteiger charge is 2.28. The molecule has 1 saturated heterocycles. The van der Waals surface area contributed by atoms with Crippen LogP contribution in [-0.4, -0.2) is 42.4 Å². The van der Waals surface area contributed by atoms with Crippen molar-refractivity contribution in [3.63, 3.8) is 0 Å². The molecule has 1 atom stereocenters. The highest BCUT2D eigenvalue weighted by atomic mass is 16.3. The number of rotatable bonds is 5. The van der Waals surface area contributed by atoms with Crippen molar-refractivity contribution in [1.29, 1.82) is 0 Å². The number of nitrogens with one attached hydrogen (secondary N) is 1.